The van der Waals surface area contributed by atoms with Crippen molar-refractivity contribution in [3.05, 3.63) is 24.5 Å². The topological polar surface area (TPSA) is 28.2 Å². The van der Waals surface area contributed by atoms with Gasteiger partial charge in [0.2, 0.25) is 0 Å². The summed E-state index contributed by atoms with van der Waals surface area (Å²) in [4.78, 5) is 6.56. The number of anilines is 1. The van der Waals surface area contributed by atoms with Gasteiger partial charge in [0, 0.05) is 37.2 Å². The van der Waals surface area contributed by atoms with Crippen LogP contribution in [-0.2, 0) is 0 Å². The molecule has 2 heterocycles. The molecule has 1 aliphatic heterocycles. The van der Waals surface area contributed by atoms with Crippen LogP contribution in [0.4, 0.5) is 5.69 Å². The molecule has 0 amide bonds. The van der Waals surface area contributed by atoms with Crippen molar-refractivity contribution >= 4 is 5.69 Å². The average molecular weight is 231 g/mol. The average Bonchev–Trinajstić information content (AvgIpc) is 3.22. The zero-order valence-corrected chi connectivity index (χ0v) is 10.3. The lowest BCUT2D eigenvalue weighted by molar-refractivity contribution is 0.382. The van der Waals surface area contributed by atoms with E-state index in [0.717, 1.165) is 12.0 Å². The molecule has 92 valence electrons. The number of aromatic nitrogens is 1. The van der Waals surface area contributed by atoms with Crippen LogP contribution in [0.5, 0.6) is 0 Å². The van der Waals surface area contributed by atoms with Crippen LogP contribution in [0, 0.1) is 5.92 Å². The van der Waals surface area contributed by atoms with Crippen LogP contribution >= 0.6 is 0 Å². The van der Waals surface area contributed by atoms with Crippen LogP contribution in [0.2, 0.25) is 0 Å². The summed E-state index contributed by atoms with van der Waals surface area (Å²) in [5.74, 6) is 0.883. The number of rotatable bonds is 4. The number of nitrogens with zero attached hydrogens (tertiary/aromatic N) is 2. The largest absolute Gasteiger partial charge is 0.371 e. The Labute approximate surface area is 103 Å². The predicted octanol–water partition coefficient (Wildman–Crippen LogP) is 2.05. The first-order valence-electron chi connectivity index (χ1n) is 6.80. The summed E-state index contributed by atoms with van der Waals surface area (Å²) >= 11 is 0. The fourth-order valence-electron chi connectivity index (χ4n) is 2.57. The van der Waals surface area contributed by atoms with Crippen molar-refractivity contribution in [2.75, 3.05) is 24.5 Å². The third-order valence-corrected chi connectivity index (χ3v) is 3.91. The molecule has 1 aromatic heterocycles. The summed E-state index contributed by atoms with van der Waals surface area (Å²) in [5.41, 5.74) is 1.33. The summed E-state index contributed by atoms with van der Waals surface area (Å²) in [6, 6.07) is 5.08. The van der Waals surface area contributed by atoms with Crippen molar-refractivity contribution in [3.8, 4) is 0 Å². The predicted molar refractivity (Wildman–Crippen MR) is 70.2 cm³/mol. The lowest BCUT2D eigenvalue weighted by Gasteiger charge is -2.33. The second-order valence-electron chi connectivity index (χ2n) is 5.32. The van der Waals surface area contributed by atoms with Gasteiger partial charge in [-0.3, -0.25) is 4.98 Å². The van der Waals surface area contributed by atoms with Gasteiger partial charge in [0.25, 0.3) is 0 Å². The van der Waals surface area contributed by atoms with Gasteiger partial charge in [0.1, 0.15) is 0 Å². The highest BCUT2D eigenvalue weighted by Gasteiger charge is 2.24. The molecule has 2 aliphatic rings. The van der Waals surface area contributed by atoms with Crippen molar-refractivity contribution in [1.82, 2.24) is 10.3 Å². The van der Waals surface area contributed by atoms with Gasteiger partial charge >= 0.3 is 0 Å². The van der Waals surface area contributed by atoms with E-state index in [2.05, 4.69) is 27.3 Å². The van der Waals surface area contributed by atoms with Crippen molar-refractivity contribution in [1.29, 1.82) is 0 Å². The van der Waals surface area contributed by atoms with E-state index in [9.17, 15) is 0 Å². The number of hydrogen-bond donors (Lipinski definition) is 1. The zero-order chi connectivity index (χ0) is 11.5. The molecule has 17 heavy (non-hydrogen) atoms. The first-order valence-corrected chi connectivity index (χ1v) is 6.80. The smallest absolute Gasteiger partial charge is 0.0397 e. The fraction of sp³-hybridized carbons (Fsp3) is 0.643. The van der Waals surface area contributed by atoms with Gasteiger partial charge in [0.05, 0.1) is 0 Å². The summed E-state index contributed by atoms with van der Waals surface area (Å²) in [6.07, 6.45) is 9.21. The van der Waals surface area contributed by atoms with Gasteiger partial charge in [-0.15, -0.1) is 0 Å². The minimum atomic E-state index is 0.855. The van der Waals surface area contributed by atoms with E-state index in [4.69, 9.17) is 0 Å². The molecular weight excluding hydrogens is 210 g/mol. The van der Waals surface area contributed by atoms with E-state index >= 15 is 0 Å². The zero-order valence-electron chi connectivity index (χ0n) is 10.3. The first kappa shape index (κ1) is 11.0. The molecule has 3 heteroatoms. The summed E-state index contributed by atoms with van der Waals surface area (Å²) in [5, 5.41) is 3.65. The molecular formula is C14H21N3. The number of piperidine rings is 1. The molecule has 1 N–H and O–H groups in total. The molecule has 3 rings (SSSR count). The number of pyridine rings is 1. The lowest BCUT2D eigenvalue weighted by Crippen LogP contribution is -2.37. The van der Waals surface area contributed by atoms with E-state index in [1.54, 1.807) is 0 Å². The molecule has 1 saturated carbocycles. The van der Waals surface area contributed by atoms with Crippen LogP contribution in [0.15, 0.2) is 24.5 Å². The standard InChI is InChI=1S/C14H21N3/c1-2-13(1)16-11-12-5-9-17(10-6-12)14-3-7-15-8-4-14/h3-4,7-8,12-13,16H,1-2,5-6,9-11H2. The van der Waals surface area contributed by atoms with E-state index in [1.165, 1.54) is 51.0 Å². The molecule has 0 radical (unpaired) electrons. The van der Waals surface area contributed by atoms with Crippen molar-refractivity contribution in [2.24, 2.45) is 5.92 Å². The quantitative estimate of drug-likeness (QED) is 0.859. The molecule has 0 unspecified atom stereocenters. The van der Waals surface area contributed by atoms with Crippen LogP contribution in [0.3, 0.4) is 0 Å². The van der Waals surface area contributed by atoms with Gasteiger partial charge in [-0.2, -0.15) is 0 Å². The Morgan fingerprint density at radius 1 is 1.12 bits per heavy atom. The molecule has 1 aromatic rings. The Balaban J connectivity index is 1.46. The number of hydrogen-bond acceptors (Lipinski definition) is 3. The maximum Gasteiger partial charge on any atom is 0.0397 e. The molecule has 3 nitrogen and oxygen atoms in total. The maximum atomic E-state index is 4.07. The van der Waals surface area contributed by atoms with Gasteiger partial charge in [-0.1, -0.05) is 0 Å². The summed E-state index contributed by atoms with van der Waals surface area (Å²) in [6.45, 7) is 3.62. The van der Waals surface area contributed by atoms with Gasteiger partial charge in [-0.25, -0.2) is 0 Å². The van der Waals surface area contributed by atoms with Crippen LogP contribution < -0.4 is 10.2 Å². The lowest BCUT2D eigenvalue weighted by atomic mass is 9.96. The van der Waals surface area contributed by atoms with Gasteiger partial charge < -0.3 is 10.2 Å². The highest BCUT2D eigenvalue weighted by molar-refractivity contribution is 5.44. The molecule has 1 aliphatic carbocycles. The molecule has 2 fully saturated rings. The van der Waals surface area contributed by atoms with Crippen molar-refractivity contribution < 1.29 is 0 Å². The Kier molecular flexibility index (Phi) is 3.27. The fourth-order valence-corrected chi connectivity index (χ4v) is 2.57. The summed E-state index contributed by atoms with van der Waals surface area (Å²) in [7, 11) is 0. The normalized spacial score (nSPS) is 21.8. The molecule has 0 atom stereocenters. The molecule has 1 saturated heterocycles. The number of nitrogens with one attached hydrogen (secondary N) is 1. The third kappa shape index (κ3) is 2.97. The minimum Gasteiger partial charge on any atom is -0.371 e. The second-order valence-corrected chi connectivity index (χ2v) is 5.32. The van der Waals surface area contributed by atoms with E-state index in [1.807, 2.05) is 12.4 Å². The first-order chi connectivity index (χ1) is 8.42. The molecule has 0 spiro atoms. The van der Waals surface area contributed by atoms with Crippen LogP contribution in [0.25, 0.3) is 0 Å². The van der Waals surface area contributed by atoms with Crippen LogP contribution in [-0.4, -0.2) is 30.7 Å². The van der Waals surface area contributed by atoms with E-state index in [0.29, 0.717) is 0 Å². The monoisotopic (exact) mass is 231 g/mol. The minimum absolute atomic E-state index is 0.855. The van der Waals surface area contributed by atoms with Crippen molar-refractivity contribution in [3.63, 3.8) is 0 Å². The van der Waals surface area contributed by atoms with Gasteiger partial charge in [0.15, 0.2) is 0 Å². The molecule has 0 bridgehead atoms. The maximum absolute atomic E-state index is 4.07. The highest BCUT2D eigenvalue weighted by atomic mass is 15.1. The Morgan fingerprint density at radius 3 is 2.47 bits per heavy atom. The molecule has 0 aromatic carbocycles. The third-order valence-electron chi connectivity index (χ3n) is 3.91. The Morgan fingerprint density at radius 2 is 1.82 bits per heavy atom. The Bertz CT molecular complexity index is 340. The van der Waals surface area contributed by atoms with E-state index in [-0.39, 0.29) is 0 Å². The van der Waals surface area contributed by atoms with Crippen molar-refractivity contribution in [2.45, 2.75) is 31.7 Å². The Hall–Kier alpha value is -1.09. The SMILES string of the molecule is c1cc(N2CCC(CNC3CC3)CC2)ccn1. The van der Waals surface area contributed by atoms with Gasteiger partial charge in [-0.05, 0) is 50.3 Å². The van der Waals surface area contributed by atoms with E-state index < -0.39 is 0 Å². The highest BCUT2D eigenvalue weighted by Crippen LogP contribution is 2.24. The second kappa shape index (κ2) is 5.05. The summed E-state index contributed by atoms with van der Waals surface area (Å²) < 4.78 is 0. The van der Waals surface area contributed by atoms with Crippen LogP contribution in [0.1, 0.15) is 25.7 Å².